The molecule has 0 saturated carbocycles. The van der Waals surface area contributed by atoms with Crippen LogP contribution in [0.4, 0.5) is 0 Å². The molecule has 1 aromatic heterocycles. The first-order chi connectivity index (χ1) is 10.5. The monoisotopic (exact) mass is 298 g/mol. The van der Waals surface area contributed by atoms with Gasteiger partial charge in [0.15, 0.2) is 0 Å². The molecule has 0 spiro atoms. The van der Waals surface area contributed by atoms with Crippen LogP contribution in [0.2, 0.25) is 0 Å². The molecule has 0 aliphatic heterocycles. The Morgan fingerprint density at radius 1 is 1.36 bits per heavy atom. The third-order valence-corrected chi connectivity index (χ3v) is 3.11. The van der Waals surface area contributed by atoms with Crippen molar-refractivity contribution in [1.82, 2.24) is 4.57 Å². The smallest absolute Gasteiger partial charge is 0.312 e. The van der Waals surface area contributed by atoms with E-state index in [2.05, 4.69) is 0 Å². The van der Waals surface area contributed by atoms with Crippen molar-refractivity contribution in [2.75, 3.05) is 0 Å². The van der Waals surface area contributed by atoms with Crippen molar-refractivity contribution in [2.45, 2.75) is 19.9 Å². The second-order valence-electron chi connectivity index (χ2n) is 4.66. The van der Waals surface area contributed by atoms with Crippen molar-refractivity contribution in [1.29, 1.82) is 5.26 Å². The number of aryl methyl sites for hydroxylation is 1. The van der Waals surface area contributed by atoms with Crippen molar-refractivity contribution in [3.05, 3.63) is 57.9 Å². The first kappa shape index (κ1) is 15.3. The molecule has 0 bridgehead atoms. The average Bonchev–Trinajstić information content (AvgIpc) is 2.48. The lowest BCUT2D eigenvalue weighted by molar-refractivity contribution is -0.134. The highest BCUT2D eigenvalue weighted by Gasteiger charge is 2.14. The fraction of sp³-hybridized carbons (Fsp3) is 0.188. The lowest BCUT2D eigenvalue weighted by Gasteiger charge is -2.10. The Hall–Kier alpha value is -3.07. The minimum atomic E-state index is -0.531. The van der Waals surface area contributed by atoms with Gasteiger partial charge in [0.1, 0.15) is 17.4 Å². The Bertz CT molecular complexity index is 788. The van der Waals surface area contributed by atoms with Gasteiger partial charge in [0, 0.05) is 12.6 Å². The highest BCUT2D eigenvalue weighted by molar-refractivity contribution is 5.72. The van der Waals surface area contributed by atoms with Crippen LogP contribution >= 0.6 is 0 Å². The van der Waals surface area contributed by atoms with E-state index >= 15 is 0 Å². The first-order valence-electron chi connectivity index (χ1n) is 6.62. The molecule has 6 heteroatoms. The third kappa shape index (κ3) is 3.33. The summed E-state index contributed by atoms with van der Waals surface area (Å²) in [4.78, 5) is 23.6. The summed E-state index contributed by atoms with van der Waals surface area (Å²) >= 11 is 0. The standard InChI is InChI=1S/C16H14N2O4/c1-11-9-14(19)18(16(21)13(11)10-17)8-7-15(20)22-12-5-3-2-4-6-12/h2-6,9,21H,7-8H2,1H3. The second kappa shape index (κ2) is 6.59. The maximum Gasteiger partial charge on any atom is 0.312 e. The molecule has 0 saturated heterocycles. The van der Waals surface area contributed by atoms with Crippen LogP contribution < -0.4 is 10.3 Å². The molecule has 1 N–H and O–H groups in total. The lowest BCUT2D eigenvalue weighted by atomic mass is 10.1. The van der Waals surface area contributed by atoms with Gasteiger partial charge >= 0.3 is 5.97 Å². The van der Waals surface area contributed by atoms with Gasteiger partial charge in [0.05, 0.1) is 6.42 Å². The summed E-state index contributed by atoms with van der Waals surface area (Å²) in [5.74, 6) is -0.553. The predicted octanol–water partition coefficient (Wildman–Crippen LogP) is 1.73. The molecule has 6 nitrogen and oxygen atoms in total. The van der Waals surface area contributed by atoms with Crippen LogP contribution in [0, 0.1) is 18.3 Å². The van der Waals surface area contributed by atoms with E-state index in [4.69, 9.17) is 10.00 Å². The number of carbonyl (C=O) groups is 1. The molecule has 0 radical (unpaired) electrons. The SMILES string of the molecule is Cc1cc(=O)n(CCC(=O)Oc2ccccc2)c(O)c1C#N. The van der Waals surface area contributed by atoms with E-state index in [0.29, 0.717) is 11.3 Å². The summed E-state index contributed by atoms with van der Waals surface area (Å²) in [7, 11) is 0. The molecule has 2 rings (SSSR count). The molecule has 1 aromatic carbocycles. The summed E-state index contributed by atoms with van der Waals surface area (Å²) < 4.78 is 6.08. The van der Waals surface area contributed by atoms with Crippen LogP contribution in [0.5, 0.6) is 11.6 Å². The van der Waals surface area contributed by atoms with Gasteiger partial charge in [-0.3, -0.25) is 14.2 Å². The van der Waals surface area contributed by atoms with Crippen LogP contribution in [0.3, 0.4) is 0 Å². The van der Waals surface area contributed by atoms with Crippen molar-refractivity contribution in [2.24, 2.45) is 0 Å². The molecule has 0 fully saturated rings. The van der Waals surface area contributed by atoms with Crippen molar-refractivity contribution >= 4 is 5.97 Å². The number of pyridine rings is 1. The molecule has 1 heterocycles. The van der Waals surface area contributed by atoms with Gasteiger partial charge < -0.3 is 9.84 Å². The number of aromatic nitrogens is 1. The lowest BCUT2D eigenvalue weighted by Crippen LogP contribution is -2.23. The number of hydrogen-bond acceptors (Lipinski definition) is 5. The third-order valence-electron chi connectivity index (χ3n) is 3.11. The van der Waals surface area contributed by atoms with Crippen molar-refractivity contribution in [3.63, 3.8) is 0 Å². The van der Waals surface area contributed by atoms with Gasteiger partial charge in [-0.25, -0.2) is 0 Å². The van der Waals surface area contributed by atoms with Crippen LogP contribution in [0.25, 0.3) is 0 Å². The Labute approximate surface area is 126 Å². The number of hydrogen-bond donors (Lipinski definition) is 1. The zero-order valence-electron chi connectivity index (χ0n) is 11.9. The molecule has 112 valence electrons. The number of rotatable bonds is 4. The van der Waals surface area contributed by atoms with Gasteiger partial charge in [-0.2, -0.15) is 5.26 Å². The number of para-hydroxylation sites is 1. The minimum Gasteiger partial charge on any atom is -0.493 e. The predicted molar refractivity (Wildman–Crippen MR) is 78.5 cm³/mol. The van der Waals surface area contributed by atoms with Crippen LogP contribution in [-0.4, -0.2) is 15.6 Å². The average molecular weight is 298 g/mol. The van der Waals surface area contributed by atoms with E-state index in [9.17, 15) is 14.7 Å². The van der Waals surface area contributed by atoms with E-state index in [0.717, 1.165) is 4.57 Å². The van der Waals surface area contributed by atoms with E-state index in [1.54, 1.807) is 37.3 Å². The van der Waals surface area contributed by atoms with Gasteiger partial charge in [-0.1, -0.05) is 18.2 Å². The molecular formula is C16H14N2O4. The number of nitriles is 1. The van der Waals surface area contributed by atoms with Crippen LogP contribution in [-0.2, 0) is 11.3 Å². The van der Waals surface area contributed by atoms with Gasteiger partial charge in [-0.15, -0.1) is 0 Å². The number of esters is 1. The Kier molecular flexibility index (Phi) is 4.59. The van der Waals surface area contributed by atoms with Crippen LogP contribution in [0.15, 0.2) is 41.2 Å². The Morgan fingerprint density at radius 2 is 2.05 bits per heavy atom. The fourth-order valence-electron chi connectivity index (χ4n) is 1.98. The van der Waals surface area contributed by atoms with Gasteiger partial charge in [0.25, 0.3) is 5.56 Å². The molecule has 0 atom stereocenters. The quantitative estimate of drug-likeness (QED) is 0.685. The summed E-state index contributed by atoms with van der Waals surface area (Å²) in [6, 6.07) is 11.6. The molecule has 0 unspecified atom stereocenters. The number of aromatic hydroxyl groups is 1. The van der Waals surface area contributed by atoms with Crippen LogP contribution in [0.1, 0.15) is 17.5 Å². The normalized spacial score (nSPS) is 10.0. The summed E-state index contributed by atoms with van der Waals surface area (Å²) in [5, 5.41) is 18.9. The fourth-order valence-corrected chi connectivity index (χ4v) is 1.98. The summed E-state index contributed by atoms with van der Waals surface area (Å²) in [6.07, 6.45) is -0.101. The largest absolute Gasteiger partial charge is 0.493 e. The Balaban J connectivity index is 2.11. The molecular weight excluding hydrogens is 284 g/mol. The summed E-state index contributed by atoms with van der Waals surface area (Å²) in [6.45, 7) is 1.50. The molecule has 0 aliphatic rings. The number of nitrogens with zero attached hydrogens (tertiary/aromatic N) is 2. The van der Waals surface area contributed by atoms with Crippen molar-refractivity contribution in [3.8, 4) is 17.7 Å². The maximum atomic E-state index is 11.8. The number of ether oxygens (including phenoxy) is 1. The minimum absolute atomic E-state index is 0.0241. The summed E-state index contributed by atoms with van der Waals surface area (Å²) in [5.41, 5.74) is -0.0503. The van der Waals surface area contributed by atoms with Gasteiger partial charge in [0.2, 0.25) is 5.88 Å². The van der Waals surface area contributed by atoms with E-state index in [1.807, 2.05) is 6.07 Å². The highest BCUT2D eigenvalue weighted by Crippen LogP contribution is 2.18. The second-order valence-corrected chi connectivity index (χ2v) is 4.66. The Morgan fingerprint density at radius 3 is 2.68 bits per heavy atom. The molecule has 22 heavy (non-hydrogen) atoms. The highest BCUT2D eigenvalue weighted by atomic mass is 16.5. The van der Waals surface area contributed by atoms with E-state index in [-0.39, 0.29) is 18.5 Å². The zero-order chi connectivity index (χ0) is 16.1. The van der Waals surface area contributed by atoms with E-state index in [1.165, 1.54) is 6.07 Å². The zero-order valence-corrected chi connectivity index (χ0v) is 11.9. The number of benzene rings is 1. The molecule has 2 aromatic rings. The van der Waals surface area contributed by atoms with Gasteiger partial charge in [-0.05, 0) is 24.6 Å². The van der Waals surface area contributed by atoms with Crippen molar-refractivity contribution < 1.29 is 14.6 Å². The van der Waals surface area contributed by atoms with E-state index < -0.39 is 17.4 Å². The molecule has 0 amide bonds. The number of carbonyl (C=O) groups excluding carboxylic acids is 1. The topological polar surface area (TPSA) is 92.3 Å². The maximum absolute atomic E-state index is 11.8. The molecule has 0 aliphatic carbocycles. The first-order valence-corrected chi connectivity index (χ1v) is 6.62.